The minimum atomic E-state index is -1.86. The predicted octanol–water partition coefficient (Wildman–Crippen LogP) is 2.66. The van der Waals surface area contributed by atoms with Gasteiger partial charge in [-0.3, -0.25) is 9.48 Å². The second kappa shape index (κ2) is 8.58. The number of hydrogen-bond donors (Lipinski definition) is 0. The van der Waals surface area contributed by atoms with Gasteiger partial charge in [-0.05, 0) is 25.5 Å². The normalized spacial score (nSPS) is 12.3. The van der Waals surface area contributed by atoms with Crippen molar-refractivity contribution in [3.8, 4) is 11.8 Å². The maximum Gasteiger partial charge on any atom is 0.353 e. The number of aromatic nitrogens is 2. The van der Waals surface area contributed by atoms with Gasteiger partial charge in [0.05, 0.1) is 6.04 Å². The summed E-state index contributed by atoms with van der Waals surface area (Å²) in [6.07, 6.45) is 1.56. The fourth-order valence-corrected chi connectivity index (χ4v) is 2.49. The topological polar surface area (TPSA) is 62.6 Å². The summed E-state index contributed by atoms with van der Waals surface area (Å²) in [6, 6.07) is 11.3. The van der Waals surface area contributed by atoms with Gasteiger partial charge in [0, 0.05) is 20.4 Å². The third-order valence-corrected chi connectivity index (χ3v) is 3.88. The molecule has 6 nitrogen and oxygen atoms in total. The van der Waals surface area contributed by atoms with Gasteiger partial charge in [0.15, 0.2) is 0 Å². The third kappa shape index (κ3) is 3.97. The first-order valence-electron chi connectivity index (χ1n) is 7.86. The van der Waals surface area contributed by atoms with Crippen LogP contribution in [0, 0.1) is 11.8 Å². The van der Waals surface area contributed by atoms with Crippen LogP contribution in [-0.4, -0.2) is 42.4 Å². The van der Waals surface area contributed by atoms with Gasteiger partial charge in [0.2, 0.25) is 0 Å². The Labute approximate surface area is 147 Å². The van der Waals surface area contributed by atoms with E-state index in [-0.39, 0.29) is 12.6 Å². The molecule has 0 saturated heterocycles. The van der Waals surface area contributed by atoms with E-state index in [0.29, 0.717) is 5.69 Å². The van der Waals surface area contributed by atoms with Crippen molar-refractivity contribution in [3.05, 3.63) is 53.9 Å². The lowest BCUT2D eigenvalue weighted by Gasteiger charge is -2.28. The van der Waals surface area contributed by atoms with E-state index < -0.39 is 11.8 Å². The van der Waals surface area contributed by atoms with E-state index in [2.05, 4.69) is 16.9 Å². The third-order valence-electron chi connectivity index (χ3n) is 3.88. The first kappa shape index (κ1) is 18.9. The van der Waals surface area contributed by atoms with Gasteiger partial charge in [0.25, 0.3) is 5.78 Å². The molecular weight excluding hydrogens is 320 g/mol. The second-order valence-corrected chi connectivity index (χ2v) is 5.26. The summed E-state index contributed by atoms with van der Waals surface area (Å²) in [4.78, 5) is 13.1. The number of methoxy groups -OCH3 is 2. The molecule has 0 unspecified atom stereocenters. The number of ether oxygens (including phenoxy) is 3. The van der Waals surface area contributed by atoms with Crippen LogP contribution in [0.1, 0.15) is 35.9 Å². The Kier molecular flexibility index (Phi) is 6.48. The van der Waals surface area contributed by atoms with Gasteiger partial charge in [-0.1, -0.05) is 36.3 Å². The minimum Gasteiger partial charge on any atom is -0.324 e. The second-order valence-electron chi connectivity index (χ2n) is 5.26. The van der Waals surface area contributed by atoms with E-state index in [1.165, 1.54) is 14.2 Å². The Bertz CT molecular complexity index is 754. The zero-order chi connectivity index (χ0) is 18.3. The van der Waals surface area contributed by atoms with E-state index in [1.54, 1.807) is 23.9 Å². The molecule has 0 bridgehead atoms. The maximum absolute atomic E-state index is 13.1. The average molecular weight is 342 g/mol. The fraction of sp³-hybridized carbons (Fsp3) is 0.368. The number of Topliss-reactive ketones (excluding diaryl/α,β-unsaturated/α-hetero) is 1. The summed E-state index contributed by atoms with van der Waals surface area (Å²) in [6.45, 7) is 3.65. The number of nitrogens with zero attached hydrogens (tertiary/aromatic N) is 2. The Balaban J connectivity index is 2.35. The molecule has 2 aromatic rings. The van der Waals surface area contributed by atoms with Crippen molar-refractivity contribution in [1.82, 2.24) is 9.78 Å². The summed E-state index contributed by atoms with van der Waals surface area (Å²) < 4.78 is 17.6. The summed E-state index contributed by atoms with van der Waals surface area (Å²) >= 11 is 0. The van der Waals surface area contributed by atoms with Crippen LogP contribution in [0.2, 0.25) is 0 Å². The lowest BCUT2D eigenvalue weighted by Crippen LogP contribution is -2.46. The van der Waals surface area contributed by atoms with E-state index >= 15 is 0 Å². The molecule has 0 saturated carbocycles. The monoisotopic (exact) mass is 342 g/mol. The molecule has 132 valence electrons. The van der Waals surface area contributed by atoms with Crippen molar-refractivity contribution in [2.24, 2.45) is 0 Å². The quantitative estimate of drug-likeness (QED) is 0.419. The molecule has 0 N–H and O–H groups in total. The van der Waals surface area contributed by atoms with E-state index in [0.717, 1.165) is 5.56 Å². The largest absolute Gasteiger partial charge is 0.353 e. The molecule has 0 spiro atoms. The lowest BCUT2D eigenvalue weighted by atomic mass is 10.1. The molecule has 0 aliphatic carbocycles. The Morgan fingerprint density at radius 2 is 1.92 bits per heavy atom. The predicted molar refractivity (Wildman–Crippen MR) is 93.0 cm³/mol. The highest BCUT2D eigenvalue weighted by molar-refractivity contribution is 5.99. The fourth-order valence-electron chi connectivity index (χ4n) is 2.49. The molecule has 2 rings (SSSR count). The molecule has 0 aliphatic heterocycles. The highest BCUT2D eigenvalue weighted by Crippen LogP contribution is 2.24. The zero-order valence-corrected chi connectivity index (χ0v) is 14.9. The smallest absolute Gasteiger partial charge is 0.324 e. The van der Waals surface area contributed by atoms with Crippen molar-refractivity contribution in [1.29, 1.82) is 0 Å². The molecule has 1 aromatic heterocycles. The van der Waals surface area contributed by atoms with Crippen LogP contribution in [-0.2, 0) is 14.2 Å². The standard InChI is InChI=1S/C19H22N2O4/c1-5-6-14-25-19(23-3,24-4)18(22)17-12-13-20-21(17)15(2)16-10-8-7-9-11-16/h7-13,15H,14H2,1-4H3/t15-/m1/s1. The highest BCUT2D eigenvalue weighted by atomic mass is 16.9. The molecule has 0 aliphatic rings. The summed E-state index contributed by atoms with van der Waals surface area (Å²) in [5.74, 6) is 3.09. The first-order chi connectivity index (χ1) is 12.1. The molecule has 6 heteroatoms. The number of ketones is 1. The van der Waals surface area contributed by atoms with Crippen LogP contribution in [0.3, 0.4) is 0 Å². The average Bonchev–Trinajstić information content (AvgIpc) is 3.15. The van der Waals surface area contributed by atoms with Gasteiger partial charge in [0.1, 0.15) is 12.3 Å². The van der Waals surface area contributed by atoms with Crippen LogP contribution in [0.5, 0.6) is 0 Å². The van der Waals surface area contributed by atoms with Crippen LogP contribution >= 0.6 is 0 Å². The van der Waals surface area contributed by atoms with E-state index in [4.69, 9.17) is 14.2 Å². The first-order valence-corrected chi connectivity index (χ1v) is 7.86. The van der Waals surface area contributed by atoms with Crippen molar-refractivity contribution in [3.63, 3.8) is 0 Å². The van der Waals surface area contributed by atoms with Crippen LogP contribution in [0.25, 0.3) is 0 Å². The van der Waals surface area contributed by atoms with Crippen LogP contribution < -0.4 is 0 Å². The highest BCUT2D eigenvalue weighted by Gasteiger charge is 2.43. The number of carbonyl (C=O) groups excluding carboxylic acids is 1. The maximum atomic E-state index is 13.1. The van der Waals surface area contributed by atoms with Gasteiger partial charge >= 0.3 is 5.97 Å². The van der Waals surface area contributed by atoms with Gasteiger partial charge in [-0.25, -0.2) is 0 Å². The van der Waals surface area contributed by atoms with Gasteiger partial charge in [-0.15, -0.1) is 5.92 Å². The molecule has 1 heterocycles. The van der Waals surface area contributed by atoms with E-state index in [1.807, 2.05) is 37.3 Å². The summed E-state index contributed by atoms with van der Waals surface area (Å²) in [5, 5.41) is 4.29. The number of hydrogen-bond acceptors (Lipinski definition) is 5. The molecule has 25 heavy (non-hydrogen) atoms. The SMILES string of the molecule is CC#CCOC(OC)(OC)C(=O)c1ccnn1[C@H](C)c1ccccc1. The lowest BCUT2D eigenvalue weighted by molar-refractivity contribution is -0.318. The van der Waals surface area contributed by atoms with Crippen molar-refractivity contribution in [2.45, 2.75) is 25.9 Å². The van der Waals surface area contributed by atoms with Crippen molar-refractivity contribution in [2.75, 3.05) is 20.8 Å². The number of benzene rings is 1. The van der Waals surface area contributed by atoms with E-state index in [9.17, 15) is 4.79 Å². The Hall–Kier alpha value is -2.46. The number of carbonyl (C=O) groups is 1. The van der Waals surface area contributed by atoms with Crippen molar-refractivity contribution >= 4 is 5.78 Å². The van der Waals surface area contributed by atoms with Crippen molar-refractivity contribution < 1.29 is 19.0 Å². The van der Waals surface area contributed by atoms with Gasteiger partial charge in [-0.2, -0.15) is 5.10 Å². The molecule has 0 amide bonds. The summed E-state index contributed by atoms with van der Waals surface area (Å²) in [5.41, 5.74) is 1.35. The molecule has 1 atom stereocenters. The van der Waals surface area contributed by atoms with Gasteiger partial charge < -0.3 is 14.2 Å². The molecule has 0 fully saturated rings. The Morgan fingerprint density at radius 3 is 2.52 bits per heavy atom. The van der Waals surface area contributed by atoms with Crippen LogP contribution in [0.15, 0.2) is 42.6 Å². The molecule has 0 radical (unpaired) electrons. The molecular formula is C19H22N2O4. The molecule has 1 aromatic carbocycles. The Morgan fingerprint density at radius 1 is 1.24 bits per heavy atom. The van der Waals surface area contributed by atoms with Crippen LogP contribution in [0.4, 0.5) is 0 Å². The zero-order valence-electron chi connectivity index (χ0n) is 14.9. The number of rotatable bonds is 8. The minimum absolute atomic E-state index is 0.00625. The summed E-state index contributed by atoms with van der Waals surface area (Å²) in [7, 11) is 2.70.